The van der Waals surface area contributed by atoms with Crippen molar-refractivity contribution in [1.29, 1.82) is 0 Å². The van der Waals surface area contributed by atoms with E-state index >= 15 is 0 Å². The van der Waals surface area contributed by atoms with Crippen molar-refractivity contribution in [2.24, 2.45) is 0 Å². The molecule has 230 valence electrons. The van der Waals surface area contributed by atoms with Gasteiger partial charge >= 0.3 is 0 Å². The highest BCUT2D eigenvalue weighted by Crippen LogP contribution is 2.27. The Labute approximate surface area is 257 Å². The molecule has 5 heteroatoms. The molecule has 2 aromatic carbocycles. The number of carbonyl (C=O) groups is 2. The zero-order valence-corrected chi connectivity index (χ0v) is 29.4. The molecule has 0 aliphatic carbocycles. The van der Waals surface area contributed by atoms with Gasteiger partial charge in [0, 0.05) is 4.90 Å². The van der Waals surface area contributed by atoms with E-state index < -0.39 is 0 Å². The van der Waals surface area contributed by atoms with Crippen LogP contribution in [0.2, 0.25) is 0 Å². The number of carbonyl (C=O) groups excluding carboxylic acids is 2. The molecule has 2 rings (SSSR count). The zero-order valence-electron chi connectivity index (χ0n) is 27.8. The molecule has 3 nitrogen and oxygen atoms in total. The van der Waals surface area contributed by atoms with Crippen LogP contribution in [-0.4, -0.2) is 26.9 Å². The van der Waals surface area contributed by atoms with Gasteiger partial charge in [-0.05, 0) is 78.2 Å². The lowest BCUT2D eigenvalue weighted by Crippen LogP contribution is -1.85. The molecule has 0 N–H and O–H groups in total. The third-order valence-corrected chi connectivity index (χ3v) is 6.43. The van der Waals surface area contributed by atoms with Crippen molar-refractivity contribution in [1.82, 2.24) is 0 Å². The first-order valence-corrected chi connectivity index (χ1v) is 16.2. The van der Waals surface area contributed by atoms with E-state index in [1.165, 1.54) is 52.8 Å². The summed E-state index contributed by atoms with van der Waals surface area (Å²) >= 11 is 3.40. The fraction of sp³-hybridized carbons (Fsp3) is 0.486. The maximum atomic E-state index is 8.00. The summed E-state index contributed by atoms with van der Waals surface area (Å²) < 4.78 is 5.17. The van der Waals surface area contributed by atoms with Gasteiger partial charge in [-0.25, -0.2) is 0 Å². The fourth-order valence-electron chi connectivity index (χ4n) is 2.20. The molecule has 0 spiro atoms. The minimum Gasteiger partial charge on any atom is -0.496 e. The van der Waals surface area contributed by atoms with Crippen molar-refractivity contribution in [2.45, 2.75) is 106 Å². The molecule has 0 aromatic heterocycles. The van der Waals surface area contributed by atoms with Crippen LogP contribution < -0.4 is 4.74 Å². The number of hydrogen-bond acceptors (Lipinski definition) is 5. The molecule has 0 aliphatic heterocycles. The average Bonchev–Trinajstić information content (AvgIpc) is 3.03. The number of rotatable bonds is 8. The number of methoxy groups -OCH3 is 1. The Kier molecular flexibility index (Phi) is 46.2. The number of ether oxygens (including phenoxy) is 1. The predicted molar refractivity (Wildman–Crippen MR) is 188 cm³/mol. The van der Waals surface area contributed by atoms with Crippen LogP contribution in [0.15, 0.2) is 64.3 Å². The third-order valence-electron chi connectivity index (χ3n) is 4.79. The normalized spacial score (nSPS) is 8.85. The van der Waals surface area contributed by atoms with Gasteiger partial charge in [0.05, 0.1) is 7.11 Å². The molecule has 2 aromatic rings. The number of unbranched alkanes of at least 4 members (excludes halogenated alkanes) is 2. The molecule has 0 fully saturated rings. The lowest BCUT2D eigenvalue weighted by Gasteiger charge is -2.05. The van der Waals surface area contributed by atoms with Crippen molar-refractivity contribution in [3.05, 3.63) is 76.0 Å². The van der Waals surface area contributed by atoms with Gasteiger partial charge in [0.15, 0.2) is 0 Å². The highest BCUT2D eigenvalue weighted by Gasteiger charge is 1.99. The molecule has 0 aliphatic rings. The van der Waals surface area contributed by atoms with Gasteiger partial charge in [-0.1, -0.05) is 111 Å². The molecule has 0 atom stereocenters. The molecule has 0 saturated carbocycles. The predicted octanol–water partition coefficient (Wildman–Crippen LogP) is 11.9. The van der Waals surface area contributed by atoms with E-state index in [1.807, 2.05) is 40.4 Å². The first-order chi connectivity index (χ1) is 19.2. The average molecular weight is 593 g/mol. The van der Waals surface area contributed by atoms with Crippen LogP contribution in [0.5, 0.6) is 5.75 Å². The summed E-state index contributed by atoms with van der Waals surface area (Å²) in [6.07, 6.45) is 8.43. The molecule has 40 heavy (non-hydrogen) atoms. The number of allylic oxidation sites excluding steroid dienone is 2. The lowest BCUT2D eigenvalue weighted by atomic mass is 10.1. The Morgan fingerprint density at radius 2 is 1.27 bits per heavy atom. The van der Waals surface area contributed by atoms with Gasteiger partial charge < -0.3 is 14.3 Å². The summed E-state index contributed by atoms with van der Waals surface area (Å²) in [7, 11) is 1.70. The second-order valence-corrected chi connectivity index (χ2v) is 10.0. The summed E-state index contributed by atoms with van der Waals surface area (Å²) in [6.45, 7) is 29.0. The smallest absolute Gasteiger partial charge is 0.132 e. The molecule has 0 amide bonds. The van der Waals surface area contributed by atoms with E-state index in [1.54, 1.807) is 30.6 Å². The van der Waals surface area contributed by atoms with Crippen LogP contribution in [0.1, 0.15) is 105 Å². The monoisotopic (exact) mass is 592 g/mol. The molecule has 0 heterocycles. The number of thioether (sulfide) groups is 2. The van der Waals surface area contributed by atoms with Crippen molar-refractivity contribution >= 4 is 42.7 Å². The quantitative estimate of drug-likeness (QED) is 0.285. The van der Waals surface area contributed by atoms with Gasteiger partial charge in [0.1, 0.15) is 19.3 Å². The minimum absolute atomic E-state index is 0.961. The highest BCUT2D eigenvalue weighted by atomic mass is 32.2. The number of hydrogen-bond donors (Lipinski definition) is 0. The van der Waals surface area contributed by atoms with Crippen LogP contribution in [0.25, 0.3) is 5.57 Å². The second-order valence-electron chi connectivity index (χ2n) is 8.03. The van der Waals surface area contributed by atoms with Gasteiger partial charge in [0.2, 0.25) is 0 Å². The van der Waals surface area contributed by atoms with Crippen molar-refractivity contribution < 1.29 is 14.3 Å². The minimum atomic E-state index is 0.961. The van der Waals surface area contributed by atoms with E-state index in [2.05, 4.69) is 103 Å². The van der Waals surface area contributed by atoms with Crippen LogP contribution >= 0.6 is 23.5 Å². The molecular weight excluding hydrogens is 533 g/mol. The van der Waals surface area contributed by atoms with Gasteiger partial charge in [-0.2, -0.15) is 0 Å². The van der Waals surface area contributed by atoms with E-state index in [4.69, 9.17) is 14.3 Å². The number of benzene rings is 2. The first-order valence-electron chi connectivity index (χ1n) is 14.1. The molecular formula is C35H60O3S2. The van der Waals surface area contributed by atoms with E-state index in [9.17, 15) is 0 Å². The Morgan fingerprint density at radius 1 is 0.825 bits per heavy atom. The number of aryl methyl sites for hydroxylation is 2. The topological polar surface area (TPSA) is 43.4 Å². The van der Waals surface area contributed by atoms with Crippen LogP contribution in [0.3, 0.4) is 0 Å². The Morgan fingerprint density at radius 3 is 1.60 bits per heavy atom. The Balaban J connectivity index is -0.000000143. The molecule has 0 bridgehead atoms. The maximum absolute atomic E-state index is 8.00. The standard InChI is InChI=1S/C14H18S.C9H12OS.2C4H10.C2H6.2CH2O/c1-5-13-6-8-14(9-7-13)12(4)10-15-11(2)3;1-7-4-5-8(10-2)9(6-7)11-3;2*1-3-4-2;3*1-2/h6-10H,2,5H2,1,3-4H3;4-6H,1-3H3;2*3-4H2,1-2H3;1-2H3;2*1H2/b12-10+;;;;;;. The van der Waals surface area contributed by atoms with Crippen LogP contribution in [0, 0.1) is 6.92 Å². The van der Waals surface area contributed by atoms with Crippen LogP contribution in [0.4, 0.5) is 0 Å². The summed E-state index contributed by atoms with van der Waals surface area (Å²) in [5.41, 5.74) is 5.25. The van der Waals surface area contributed by atoms with Crippen LogP contribution in [-0.2, 0) is 16.0 Å². The Bertz CT molecular complexity index is 821. The summed E-state index contributed by atoms with van der Waals surface area (Å²) in [6, 6.07) is 14.9. The van der Waals surface area contributed by atoms with Crippen molar-refractivity contribution in [3.8, 4) is 5.75 Å². The van der Waals surface area contributed by atoms with E-state index in [0.29, 0.717) is 0 Å². The zero-order chi connectivity index (χ0) is 32.4. The second kappa shape index (κ2) is 38.9. The largest absolute Gasteiger partial charge is 0.496 e. The van der Waals surface area contributed by atoms with E-state index in [0.717, 1.165) is 17.1 Å². The molecule has 0 radical (unpaired) electrons. The van der Waals surface area contributed by atoms with E-state index in [-0.39, 0.29) is 0 Å². The summed E-state index contributed by atoms with van der Waals surface area (Å²) in [5, 5.41) is 2.16. The molecule has 0 unspecified atom stereocenters. The first kappa shape index (κ1) is 47.5. The maximum Gasteiger partial charge on any atom is 0.132 e. The van der Waals surface area contributed by atoms with Gasteiger partial charge in [-0.3, -0.25) is 0 Å². The van der Waals surface area contributed by atoms with Crippen molar-refractivity contribution in [2.75, 3.05) is 13.4 Å². The lowest BCUT2D eigenvalue weighted by molar-refractivity contribution is -0.0987. The molecule has 0 saturated heterocycles. The SMILES string of the molecule is C=C(C)S/C=C(\C)c1ccc(CC)cc1.C=O.C=O.CC.CCCC.CCCC.COc1ccc(C)cc1SC. The fourth-order valence-corrected chi connectivity index (χ4v) is 3.37. The van der Waals surface area contributed by atoms with Gasteiger partial charge in [-0.15, -0.1) is 23.5 Å². The summed E-state index contributed by atoms with van der Waals surface area (Å²) in [4.78, 5) is 18.3. The van der Waals surface area contributed by atoms with Gasteiger partial charge in [0.25, 0.3) is 0 Å². The highest BCUT2D eigenvalue weighted by molar-refractivity contribution is 8.05. The van der Waals surface area contributed by atoms with Crippen molar-refractivity contribution in [3.63, 3.8) is 0 Å². The third kappa shape index (κ3) is 30.3. The summed E-state index contributed by atoms with van der Waals surface area (Å²) in [5.74, 6) is 0.961. The Hall–Kier alpha value is -2.24.